The summed E-state index contributed by atoms with van der Waals surface area (Å²) in [4.78, 5) is 82.5. The largest absolute Gasteiger partial charge is 0.464 e. The summed E-state index contributed by atoms with van der Waals surface area (Å²) >= 11 is 1.40. The molecular formula is C49H62N8O7S. The van der Waals surface area contributed by atoms with E-state index in [1.54, 1.807) is 20.2 Å². The van der Waals surface area contributed by atoms with Crippen LogP contribution in [0.15, 0.2) is 41.9 Å². The molecule has 3 aromatic heterocycles. The number of aromatic nitrogens is 3. The van der Waals surface area contributed by atoms with Crippen LogP contribution < -0.4 is 10.7 Å². The lowest BCUT2D eigenvalue weighted by atomic mass is 9.84. The SMILES string of the molecule is CC#CC(=O)N1CCCCN(C(C(=O)N[C@H]2Cc3nc(cs3)-c3ccc4c(c3)c(c(-c3cccnc3[C@H](C)OC)n4CC)CC(C)(C)COC(=O)[C@@H]3CCCN(N3)C2=O)C(C)C)C(=O)C1. The number of hydrogen-bond acceptors (Lipinski definition) is 11. The van der Waals surface area contributed by atoms with Crippen LogP contribution in [0.5, 0.6) is 0 Å². The minimum atomic E-state index is -1.09. The minimum Gasteiger partial charge on any atom is -0.464 e. The Hall–Kier alpha value is -5.63. The maximum atomic E-state index is 14.7. The first-order valence-corrected chi connectivity index (χ1v) is 23.7. The van der Waals surface area contributed by atoms with Crippen molar-refractivity contribution in [1.82, 2.24) is 40.1 Å². The molecule has 0 spiro atoms. The van der Waals surface area contributed by atoms with E-state index in [1.807, 2.05) is 32.2 Å². The highest BCUT2D eigenvalue weighted by molar-refractivity contribution is 7.10. The Labute approximate surface area is 385 Å². The van der Waals surface area contributed by atoms with Crippen LogP contribution in [0.25, 0.3) is 33.4 Å². The fraction of sp³-hybridized carbons (Fsp3) is 0.531. The number of cyclic esters (lactones) is 1. The molecule has 4 aromatic rings. The zero-order valence-electron chi connectivity index (χ0n) is 38.9. The number of methoxy groups -OCH3 is 1. The Morgan fingerprint density at radius 2 is 1.88 bits per heavy atom. The number of hydrazine groups is 1. The summed E-state index contributed by atoms with van der Waals surface area (Å²) in [6.45, 7) is 15.3. The second-order valence-corrected chi connectivity index (χ2v) is 19.3. The summed E-state index contributed by atoms with van der Waals surface area (Å²) in [7, 11) is 1.68. The first-order chi connectivity index (χ1) is 31.1. The van der Waals surface area contributed by atoms with Crippen LogP contribution in [0.3, 0.4) is 0 Å². The van der Waals surface area contributed by atoms with E-state index in [2.05, 4.69) is 72.2 Å². The zero-order valence-corrected chi connectivity index (χ0v) is 39.7. The Balaban J connectivity index is 1.28. The van der Waals surface area contributed by atoms with Crippen LogP contribution in [0.2, 0.25) is 0 Å². The molecule has 3 aliphatic rings. The van der Waals surface area contributed by atoms with Gasteiger partial charge < -0.3 is 29.2 Å². The standard InChI is InChI=1S/C49H62N8O7S/c1-9-15-41(58)54-21-11-12-22-56(42(59)27-54)44(30(3)4)46(60)52-37-25-40-51-38(28-65-40)32-18-19-39-34(24-32)35(45(55(39)10-2)33-16-13-20-50-43(33)31(5)63-8)26-49(6,7)29-64-48(62)36-17-14-23-57(53-36)47(37)61/h13,16,18-20,24,28,30-31,36-37,44,53H,10-12,14,17,21-23,25-27,29H2,1-8H3,(H,52,60)/t31-,36-,37-,44?/m0/s1. The number of carbonyl (C=O) groups is 5. The Bertz CT molecular complexity index is 2500. The maximum absolute atomic E-state index is 14.7. The zero-order chi connectivity index (χ0) is 46.6. The van der Waals surface area contributed by atoms with Crippen LogP contribution in [0.1, 0.15) is 96.5 Å². The van der Waals surface area contributed by atoms with Gasteiger partial charge in [-0.15, -0.1) is 11.3 Å². The quantitative estimate of drug-likeness (QED) is 0.165. The van der Waals surface area contributed by atoms with Gasteiger partial charge in [0.15, 0.2) is 0 Å². The molecule has 346 valence electrons. The van der Waals surface area contributed by atoms with Crippen molar-refractivity contribution < 1.29 is 33.4 Å². The Morgan fingerprint density at radius 1 is 1.09 bits per heavy atom. The number of hydrogen-bond donors (Lipinski definition) is 2. The molecule has 2 fully saturated rings. The molecule has 6 heterocycles. The van der Waals surface area contributed by atoms with Gasteiger partial charge in [-0.3, -0.25) is 34.0 Å². The number of fused-ring (bicyclic) bond motifs is 6. The van der Waals surface area contributed by atoms with Crippen molar-refractivity contribution in [3.05, 3.63) is 58.2 Å². The summed E-state index contributed by atoms with van der Waals surface area (Å²) in [6.07, 6.45) is 4.39. The third-order valence-corrected chi connectivity index (χ3v) is 13.5. The number of nitrogens with zero attached hydrogens (tertiary/aromatic N) is 6. The molecule has 0 saturated carbocycles. The molecule has 3 aliphatic heterocycles. The lowest BCUT2D eigenvalue weighted by Crippen LogP contribution is -2.62. The van der Waals surface area contributed by atoms with E-state index in [1.165, 1.54) is 26.1 Å². The lowest BCUT2D eigenvalue weighted by Gasteiger charge is -2.38. The number of esters is 1. The third kappa shape index (κ3) is 10.3. The fourth-order valence-corrected chi connectivity index (χ4v) is 10.2. The molecule has 4 amide bonds. The molecule has 0 aliphatic carbocycles. The fourth-order valence-electron chi connectivity index (χ4n) is 9.32. The van der Waals surface area contributed by atoms with Gasteiger partial charge in [0, 0.05) is 78.7 Å². The first-order valence-electron chi connectivity index (χ1n) is 22.8. The predicted molar refractivity (Wildman–Crippen MR) is 249 cm³/mol. The molecule has 15 nitrogen and oxygen atoms in total. The van der Waals surface area contributed by atoms with Crippen molar-refractivity contribution in [1.29, 1.82) is 0 Å². The summed E-state index contributed by atoms with van der Waals surface area (Å²) in [5, 5.41) is 8.10. The van der Waals surface area contributed by atoms with Gasteiger partial charge in [-0.1, -0.05) is 39.7 Å². The van der Waals surface area contributed by atoms with Gasteiger partial charge in [0.25, 0.3) is 11.8 Å². The van der Waals surface area contributed by atoms with Gasteiger partial charge in [0.05, 0.1) is 34.8 Å². The van der Waals surface area contributed by atoms with Crippen molar-refractivity contribution in [2.24, 2.45) is 11.3 Å². The summed E-state index contributed by atoms with van der Waals surface area (Å²) in [5.74, 6) is 2.65. The van der Waals surface area contributed by atoms with E-state index in [4.69, 9.17) is 19.4 Å². The monoisotopic (exact) mass is 906 g/mol. The Kier molecular flexibility index (Phi) is 14.8. The summed E-state index contributed by atoms with van der Waals surface area (Å²) < 4.78 is 14.2. The smallest absolute Gasteiger partial charge is 0.324 e. The van der Waals surface area contributed by atoms with Gasteiger partial charge in [-0.25, -0.2) is 10.4 Å². The number of benzene rings is 1. The van der Waals surface area contributed by atoms with Gasteiger partial charge in [-0.2, -0.15) is 0 Å². The van der Waals surface area contributed by atoms with Crippen LogP contribution in [-0.4, -0.2) is 117 Å². The van der Waals surface area contributed by atoms with Crippen molar-refractivity contribution in [2.75, 3.05) is 39.9 Å². The molecular weight excluding hydrogens is 845 g/mol. The molecule has 0 radical (unpaired) electrons. The van der Waals surface area contributed by atoms with Crippen molar-refractivity contribution in [3.8, 4) is 34.4 Å². The molecule has 2 N–H and O–H groups in total. The molecule has 7 rings (SSSR count). The summed E-state index contributed by atoms with van der Waals surface area (Å²) in [6, 6.07) is 7.59. The number of rotatable bonds is 8. The number of amides is 4. The molecule has 6 bridgehead atoms. The average Bonchev–Trinajstić information content (AvgIpc) is 3.88. The minimum absolute atomic E-state index is 0.0682. The highest BCUT2D eigenvalue weighted by Gasteiger charge is 2.39. The molecule has 65 heavy (non-hydrogen) atoms. The number of thiazole rings is 1. The molecule has 2 saturated heterocycles. The number of carbonyl (C=O) groups excluding carboxylic acids is 5. The van der Waals surface area contributed by atoms with Crippen LogP contribution in [0, 0.1) is 23.2 Å². The second-order valence-electron chi connectivity index (χ2n) is 18.4. The van der Waals surface area contributed by atoms with Crippen LogP contribution in [-0.2, 0) is 52.8 Å². The highest BCUT2D eigenvalue weighted by Crippen LogP contribution is 2.42. The first kappa shape index (κ1) is 47.3. The number of pyridine rings is 1. The van der Waals surface area contributed by atoms with E-state index >= 15 is 0 Å². The molecule has 16 heteroatoms. The maximum Gasteiger partial charge on any atom is 0.324 e. The van der Waals surface area contributed by atoms with E-state index < -0.39 is 47.2 Å². The van der Waals surface area contributed by atoms with Crippen LogP contribution >= 0.6 is 11.3 Å². The van der Waals surface area contributed by atoms with Crippen molar-refractivity contribution in [2.45, 2.75) is 118 Å². The van der Waals surface area contributed by atoms with E-state index in [-0.39, 0.29) is 37.5 Å². The number of nitrogens with one attached hydrogen (secondary N) is 2. The molecule has 1 aromatic carbocycles. The van der Waals surface area contributed by atoms with Gasteiger partial charge in [-0.05, 0) is 94.5 Å². The number of aryl methyl sites for hydroxylation is 1. The third-order valence-electron chi connectivity index (χ3n) is 12.6. The van der Waals surface area contributed by atoms with E-state index in [9.17, 15) is 24.0 Å². The Morgan fingerprint density at radius 3 is 2.62 bits per heavy atom. The van der Waals surface area contributed by atoms with Gasteiger partial charge in [0.1, 0.15) is 24.7 Å². The normalized spacial score (nSPS) is 20.6. The average molecular weight is 907 g/mol. The summed E-state index contributed by atoms with van der Waals surface area (Å²) in [5.41, 5.74) is 9.24. The number of ether oxygens (including phenoxy) is 2. The topological polar surface area (TPSA) is 168 Å². The molecule has 1 unspecified atom stereocenters. The van der Waals surface area contributed by atoms with Crippen molar-refractivity contribution in [3.63, 3.8) is 0 Å². The van der Waals surface area contributed by atoms with Gasteiger partial charge in [0.2, 0.25) is 11.8 Å². The van der Waals surface area contributed by atoms with Gasteiger partial charge >= 0.3 is 5.97 Å². The lowest BCUT2D eigenvalue weighted by molar-refractivity contribution is -0.155. The van der Waals surface area contributed by atoms with Crippen LogP contribution in [0.4, 0.5) is 0 Å². The van der Waals surface area contributed by atoms with E-state index in [0.29, 0.717) is 63.3 Å². The van der Waals surface area contributed by atoms with Crippen molar-refractivity contribution >= 4 is 51.8 Å². The molecule has 4 atom stereocenters. The second kappa shape index (κ2) is 20.3. The highest BCUT2D eigenvalue weighted by atomic mass is 32.1. The van der Waals surface area contributed by atoms with E-state index in [0.717, 1.165) is 44.7 Å². The predicted octanol–water partition coefficient (Wildman–Crippen LogP) is 5.70.